The van der Waals surface area contributed by atoms with Crippen LogP contribution < -0.4 is 0 Å². The van der Waals surface area contributed by atoms with Gasteiger partial charge in [0.1, 0.15) is 5.75 Å². The molecule has 0 radical (unpaired) electrons. The molecule has 0 aromatic heterocycles. The maximum absolute atomic E-state index is 9.82. The van der Waals surface area contributed by atoms with Crippen LogP contribution in [-0.2, 0) is 0 Å². The van der Waals surface area contributed by atoms with E-state index in [-0.39, 0.29) is 5.75 Å². The van der Waals surface area contributed by atoms with Gasteiger partial charge in [-0.05, 0) is 31.1 Å². The number of hydrogen-bond donors (Lipinski definition) is 1. The van der Waals surface area contributed by atoms with Crippen molar-refractivity contribution in [3.63, 3.8) is 0 Å². The Labute approximate surface area is 102 Å². The number of rotatable bonds is 2. The molecule has 0 saturated heterocycles. The summed E-state index contributed by atoms with van der Waals surface area (Å²) < 4.78 is 0. The fraction of sp³-hybridized carbons (Fsp3) is 0.125. The first-order chi connectivity index (χ1) is 8.08. The number of para-hydroxylation sites is 1. The van der Waals surface area contributed by atoms with Crippen LogP contribution in [0.3, 0.4) is 0 Å². The van der Waals surface area contributed by atoms with Gasteiger partial charge in [-0.25, -0.2) is 0 Å². The summed E-state index contributed by atoms with van der Waals surface area (Å²) >= 11 is 0. The Kier molecular flexibility index (Phi) is 3.01. The van der Waals surface area contributed by atoms with Crippen LogP contribution in [0.5, 0.6) is 5.75 Å². The lowest BCUT2D eigenvalue weighted by molar-refractivity contribution is 0.473. The van der Waals surface area contributed by atoms with E-state index in [1.807, 2.05) is 18.2 Å². The van der Waals surface area contributed by atoms with Crippen molar-refractivity contribution in [2.75, 3.05) is 0 Å². The predicted octanol–water partition coefficient (Wildman–Crippen LogP) is 4.07. The molecule has 0 heterocycles. The molecule has 0 saturated carbocycles. The summed E-state index contributed by atoms with van der Waals surface area (Å²) in [6, 6.07) is 13.6. The number of aryl methyl sites for hydroxylation is 2. The number of aromatic hydroxyl groups is 1. The molecular formula is C16H16O. The van der Waals surface area contributed by atoms with Crippen molar-refractivity contribution in [2.45, 2.75) is 13.8 Å². The van der Waals surface area contributed by atoms with Crippen LogP contribution in [0.2, 0.25) is 0 Å². The molecule has 0 aliphatic heterocycles. The first-order valence-electron chi connectivity index (χ1n) is 5.64. The molecule has 0 bridgehead atoms. The van der Waals surface area contributed by atoms with Gasteiger partial charge in [0.2, 0.25) is 0 Å². The van der Waals surface area contributed by atoms with Crippen LogP contribution in [0.1, 0.15) is 22.3 Å². The average molecular weight is 224 g/mol. The first kappa shape index (κ1) is 11.5. The average Bonchev–Trinajstić information content (AvgIpc) is 2.27. The minimum Gasteiger partial charge on any atom is -0.507 e. The Hall–Kier alpha value is -2.02. The fourth-order valence-corrected chi connectivity index (χ4v) is 2.03. The van der Waals surface area contributed by atoms with Gasteiger partial charge >= 0.3 is 0 Å². The maximum atomic E-state index is 9.82. The van der Waals surface area contributed by atoms with E-state index < -0.39 is 0 Å². The first-order valence-corrected chi connectivity index (χ1v) is 5.64. The summed E-state index contributed by atoms with van der Waals surface area (Å²) in [4.78, 5) is 0. The standard InChI is InChI=1S/C16H16O/c1-11-8-12(2)10-14(9-11)13(3)15-6-4-5-7-16(15)17/h4-10,17H,3H2,1-2H3. The van der Waals surface area contributed by atoms with E-state index in [4.69, 9.17) is 0 Å². The zero-order valence-electron chi connectivity index (χ0n) is 10.2. The molecule has 2 rings (SSSR count). The van der Waals surface area contributed by atoms with E-state index in [0.29, 0.717) is 0 Å². The van der Waals surface area contributed by atoms with E-state index >= 15 is 0 Å². The normalized spacial score (nSPS) is 10.2. The second-order valence-corrected chi connectivity index (χ2v) is 4.37. The summed E-state index contributed by atoms with van der Waals surface area (Å²) in [6.07, 6.45) is 0. The number of phenolic OH excluding ortho intramolecular Hbond substituents is 1. The smallest absolute Gasteiger partial charge is 0.123 e. The third-order valence-corrected chi connectivity index (χ3v) is 2.80. The van der Waals surface area contributed by atoms with E-state index in [1.54, 1.807) is 6.07 Å². The molecule has 0 atom stereocenters. The minimum atomic E-state index is 0.275. The van der Waals surface area contributed by atoms with Gasteiger partial charge in [-0.3, -0.25) is 0 Å². The number of phenols is 1. The zero-order chi connectivity index (χ0) is 12.4. The zero-order valence-corrected chi connectivity index (χ0v) is 10.2. The summed E-state index contributed by atoms with van der Waals surface area (Å²) in [7, 11) is 0. The quantitative estimate of drug-likeness (QED) is 0.815. The summed E-state index contributed by atoms with van der Waals surface area (Å²) in [6.45, 7) is 8.21. The molecule has 2 aromatic rings. The minimum absolute atomic E-state index is 0.275. The second-order valence-electron chi connectivity index (χ2n) is 4.37. The predicted molar refractivity (Wildman–Crippen MR) is 72.2 cm³/mol. The summed E-state index contributed by atoms with van der Waals surface area (Å²) in [5.74, 6) is 0.275. The van der Waals surface area contributed by atoms with Crippen molar-refractivity contribution in [1.29, 1.82) is 0 Å². The van der Waals surface area contributed by atoms with Gasteiger partial charge in [-0.15, -0.1) is 0 Å². The molecule has 2 aromatic carbocycles. The van der Waals surface area contributed by atoms with Gasteiger partial charge < -0.3 is 5.11 Å². The van der Waals surface area contributed by atoms with Gasteiger partial charge in [0, 0.05) is 5.56 Å². The third kappa shape index (κ3) is 2.39. The SMILES string of the molecule is C=C(c1cc(C)cc(C)c1)c1ccccc1O. The molecule has 0 unspecified atom stereocenters. The molecule has 1 N–H and O–H groups in total. The molecule has 17 heavy (non-hydrogen) atoms. The topological polar surface area (TPSA) is 20.2 Å². The lowest BCUT2D eigenvalue weighted by Gasteiger charge is -2.10. The van der Waals surface area contributed by atoms with Crippen molar-refractivity contribution in [2.24, 2.45) is 0 Å². The van der Waals surface area contributed by atoms with Crippen LogP contribution in [0, 0.1) is 13.8 Å². The van der Waals surface area contributed by atoms with Crippen LogP contribution in [-0.4, -0.2) is 5.11 Å². The number of hydrogen-bond acceptors (Lipinski definition) is 1. The second kappa shape index (κ2) is 4.46. The van der Waals surface area contributed by atoms with Crippen molar-refractivity contribution in [3.8, 4) is 5.75 Å². The van der Waals surface area contributed by atoms with Crippen molar-refractivity contribution in [1.82, 2.24) is 0 Å². The largest absolute Gasteiger partial charge is 0.507 e. The highest BCUT2D eigenvalue weighted by atomic mass is 16.3. The van der Waals surface area contributed by atoms with E-state index in [2.05, 4.69) is 38.6 Å². The Balaban J connectivity index is 2.48. The molecule has 0 spiro atoms. The van der Waals surface area contributed by atoms with Crippen LogP contribution in [0.4, 0.5) is 0 Å². The Morgan fingerprint density at radius 1 is 1.00 bits per heavy atom. The molecule has 0 aliphatic rings. The van der Waals surface area contributed by atoms with Gasteiger partial charge in [0.25, 0.3) is 0 Å². The monoisotopic (exact) mass is 224 g/mol. The summed E-state index contributed by atoms with van der Waals surface area (Å²) in [5, 5.41) is 9.82. The molecule has 0 aliphatic carbocycles. The summed E-state index contributed by atoms with van der Waals surface area (Å²) in [5.41, 5.74) is 5.12. The highest BCUT2D eigenvalue weighted by Crippen LogP contribution is 2.29. The van der Waals surface area contributed by atoms with Crippen molar-refractivity contribution in [3.05, 3.63) is 71.3 Å². The Morgan fingerprint density at radius 3 is 2.18 bits per heavy atom. The highest BCUT2D eigenvalue weighted by molar-refractivity contribution is 5.81. The molecule has 1 heteroatoms. The van der Waals surface area contributed by atoms with Crippen LogP contribution in [0.15, 0.2) is 49.0 Å². The highest BCUT2D eigenvalue weighted by Gasteiger charge is 2.07. The van der Waals surface area contributed by atoms with Gasteiger partial charge in [0.15, 0.2) is 0 Å². The van der Waals surface area contributed by atoms with Gasteiger partial charge in [-0.1, -0.05) is 54.1 Å². The molecule has 1 nitrogen and oxygen atoms in total. The van der Waals surface area contributed by atoms with E-state index in [9.17, 15) is 5.11 Å². The van der Waals surface area contributed by atoms with Crippen molar-refractivity contribution >= 4 is 5.57 Å². The Bertz CT molecular complexity index is 547. The van der Waals surface area contributed by atoms with E-state index in [0.717, 1.165) is 16.7 Å². The maximum Gasteiger partial charge on any atom is 0.123 e. The lowest BCUT2D eigenvalue weighted by atomic mass is 9.96. The molecular weight excluding hydrogens is 208 g/mol. The van der Waals surface area contributed by atoms with E-state index in [1.165, 1.54) is 11.1 Å². The van der Waals surface area contributed by atoms with Crippen LogP contribution >= 0.6 is 0 Å². The molecule has 86 valence electrons. The van der Waals surface area contributed by atoms with Crippen LogP contribution in [0.25, 0.3) is 5.57 Å². The fourth-order valence-electron chi connectivity index (χ4n) is 2.03. The molecule has 0 amide bonds. The van der Waals surface area contributed by atoms with Crippen molar-refractivity contribution < 1.29 is 5.11 Å². The number of benzene rings is 2. The molecule has 0 fully saturated rings. The Morgan fingerprint density at radius 2 is 1.59 bits per heavy atom. The lowest BCUT2D eigenvalue weighted by Crippen LogP contribution is -1.89. The third-order valence-electron chi connectivity index (χ3n) is 2.80. The van der Waals surface area contributed by atoms with Gasteiger partial charge in [0.05, 0.1) is 0 Å². The van der Waals surface area contributed by atoms with Gasteiger partial charge in [-0.2, -0.15) is 0 Å².